The van der Waals surface area contributed by atoms with Crippen LogP contribution < -0.4 is 5.73 Å². The van der Waals surface area contributed by atoms with Gasteiger partial charge in [0.05, 0.1) is 12.5 Å². The van der Waals surface area contributed by atoms with E-state index in [4.69, 9.17) is 10.2 Å². The molecule has 1 saturated carbocycles. The molecule has 19 heavy (non-hydrogen) atoms. The maximum atomic E-state index is 6.12. The van der Waals surface area contributed by atoms with Crippen LogP contribution in [-0.4, -0.2) is 24.0 Å². The van der Waals surface area contributed by atoms with Crippen LogP contribution in [0.3, 0.4) is 0 Å². The van der Waals surface area contributed by atoms with Crippen molar-refractivity contribution in [3.8, 4) is 0 Å². The Bertz CT molecular complexity index is 353. The van der Waals surface area contributed by atoms with Gasteiger partial charge in [0.1, 0.15) is 0 Å². The highest BCUT2D eigenvalue weighted by molar-refractivity contribution is 5.07. The summed E-state index contributed by atoms with van der Waals surface area (Å²) in [5, 5.41) is 0. The van der Waals surface area contributed by atoms with Gasteiger partial charge in [0, 0.05) is 24.2 Å². The van der Waals surface area contributed by atoms with Crippen LogP contribution in [0.15, 0.2) is 23.0 Å². The Kier molecular flexibility index (Phi) is 5.06. The van der Waals surface area contributed by atoms with E-state index in [1.807, 2.05) is 12.3 Å². The molecule has 2 N–H and O–H groups in total. The Balaban J connectivity index is 1.95. The molecule has 0 bridgehead atoms. The second kappa shape index (κ2) is 6.58. The van der Waals surface area contributed by atoms with Gasteiger partial charge < -0.3 is 10.2 Å². The van der Waals surface area contributed by atoms with E-state index < -0.39 is 0 Å². The van der Waals surface area contributed by atoms with Crippen LogP contribution in [0.4, 0.5) is 0 Å². The van der Waals surface area contributed by atoms with Gasteiger partial charge in [-0.15, -0.1) is 0 Å². The molecule has 0 aliphatic heterocycles. The zero-order valence-electron chi connectivity index (χ0n) is 12.4. The van der Waals surface area contributed by atoms with Crippen molar-refractivity contribution in [3.63, 3.8) is 0 Å². The van der Waals surface area contributed by atoms with Crippen LogP contribution in [0.25, 0.3) is 0 Å². The van der Waals surface area contributed by atoms with E-state index in [0.717, 1.165) is 19.0 Å². The average molecular weight is 264 g/mol. The monoisotopic (exact) mass is 264 g/mol. The lowest BCUT2D eigenvalue weighted by atomic mass is 9.74. The molecular weight excluding hydrogens is 236 g/mol. The second-order valence-corrected chi connectivity index (χ2v) is 6.15. The summed E-state index contributed by atoms with van der Waals surface area (Å²) in [4.78, 5) is 2.44. The summed E-state index contributed by atoms with van der Waals surface area (Å²) < 4.78 is 5.16. The zero-order chi connectivity index (χ0) is 13.7. The zero-order valence-corrected chi connectivity index (χ0v) is 12.4. The third-order valence-electron chi connectivity index (χ3n) is 4.92. The van der Waals surface area contributed by atoms with Crippen molar-refractivity contribution in [2.24, 2.45) is 11.7 Å². The van der Waals surface area contributed by atoms with E-state index in [2.05, 4.69) is 18.9 Å². The van der Waals surface area contributed by atoms with Crippen molar-refractivity contribution >= 4 is 0 Å². The molecule has 1 aliphatic rings. The van der Waals surface area contributed by atoms with Crippen molar-refractivity contribution in [2.75, 3.05) is 13.6 Å². The summed E-state index contributed by atoms with van der Waals surface area (Å²) in [6, 6.07) is 2.05. The van der Waals surface area contributed by atoms with Gasteiger partial charge in [0.2, 0.25) is 0 Å². The van der Waals surface area contributed by atoms with Gasteiger partial charge in [-0.05, 0) is 44.7 Å². The predicted octanol–water partition coefficient (Wildman–Crippen LogP) is 3.40. The second-order valence-electron chi connectivity index (χ2n) is 6.15. The van der Waals surface area contributed by atoms with E-state index in [1.54, 1.807) is 6.26 Å². The first-order chi connectivity index (χ1) is 9.20. The molecule has 1 aromatic heterocycles. The number of hydrogen-bond acceptors (Lipinski definition) is 3. The largest absolute Gasteiger partial charge is 0.472 e. The fourth-order valence-electron chi connectivity index (χ4n) is 3.48. The highest BCUT2D eigenvalue weighted by Crippen LogP contribution is 2.37. The third-order valence-corrected chi connectivity index (χ3v) is 4.92. The summed E-state index contributed by atoms with van der Waals surface area (Å²) in [5.74, 6) is 0.923. The molecule has 2 rings (SSSR count). The molecule has 3 heteroatoms. The SMILES string of the molecule is CCCC1CCC(CN)(N(C)Cc2ccoc2)CC1. The smallest absolute Gasteiger partial charge is 0.0947 e. The molecule has 1 aromatic rings. The first-order valence-corrected chi connectivity index (χ1v) is 7.62. The third kappa shape index (κ3) is 3.40. The Morgan fingerprint density at radius 2 is 2.16 bits per heavy atom. The van der Waals surface area contributed by atoms with Crippen LogP contribution in [0.5, 0.6) is 0 Å². The molecule has 1 aliphatic carbocycles. The molecule has 0 aromatic carbocycles. The fraction of sp³-hybridized carbons (Fsp3) is 0.750. The molecule has 0 amide bonds. The summed E-state index contributed by atoms with van der Waals surface area (Å²) in [5.41, 5.74) is 7.56. The molecule has 0 unspecified atom stereocenters. The van der Waals surface area contributed by atoms with Crippen LogP contribution in [-0.2, 0) is 6.54 Å². The van der Waals surface area contributed by atoms with E-state index in [-0.39, 0.29) is 5.54 Å². The minimum Gasteiger partial charge on any atom is -0.472 e. The minimum absolute atomic E-state index is 0.196. The van der Waals surface area contributed by atoms with Gasteiger partial charge in [-0.25, -0.2) is 0 Å². The lowest BCUT2D eigenvalue weighted by Crippen LogP contribution is -2.53. The van der Waals surface area contributed by atoms with Gasteiger partial charge in [-0.1, -0.05) is 19.8 Å². The van der Waals surface area contributed by atoms with Crippen molar-refractivity contribution in [1.29, 1.82) is 0 Å². The summed E-state index contributed by atoms with van der Waals surface area (Å²) in [6.45, 7) is 3.99. The Hall–Kier alpha value is -0.800. The topological polar surface area (TPSA) is 42.4 Å². The quantitative estimate of drug-likeness (QED) is 0.856. The Morgan fingerprint density at radius 3 is 2.68 bits per heavy atom. The molecule has 1 heterocycles. The van der Waals surface area contributed by atoms with Crippen LogP contribution in [0, 0.1) is 5.92 Å². The van der Waals surface area contributed by atoms with Crippen molar-refractivity contribution < 1.29 is 4.42 Å². The maximum Gasteiger partial charge on any atom is 0.0947 e. The van der Waals surface area contributed by atoms with Gasteiger partial charge in [0.15, 0.2) is 0 Å². The first kappa shape index (κ1) is 14.6. The molecule has 1 fully saturated rings. The van der Waals surface area contributed by atoms with E-state index in [9.17, 15) is 0 Å². The maximum absolute atomic E-state index is 6.12. The molecule has 0 spiro atoms. The van der Waals surface area contributed by atoms with E-state index >= 15 is 0 Å². The standard InChI is InChI=1S/C16H28N2O/c1-3-4-14-5-8-16(13-17,9-6-14)18(2)11-15-7-10-19-12-15/h7,10,12,14H,3-6,8-9,11,13,17H2,1-2H3. The lowest BCUT2D eigenvalue weighted by Gasteiger charge is -2.46. The Morgan fingerprint density at radius 1 is 1.42 bits per heavy atom. The van der Waals surface area contributed by atoms with Gasteiger partial charge in [-0.3, -0.25) is 4.90 Å². The van der Waals surface area contributed by atoms with Crippen LogP contribution in [0.2, 0.25) is 0 Å². The average Bonchev–Trinajstić information content (AvgIpc) is 2.93. The van der Waals surface area contributed by atoms with Crippen molar-refractivity contribution in [3.05, 3.63) is 24.2 Å². The molecular formula is C16H28N2O. The molecule has 0 radical (unpaired) electrons. The molecule has 108 valence electrons. The minimum atomic E-state index is 0.196. The van der Waals surface area contributed by atoms with Gasteiger partial charge >= 0.3 is 0 Å². The fourth-order valence-corrected chi connectivity index (χ4v) is 3.48. The highest BCUT2D eigenvalue weighted by Gasteiger charge is 2.37. The van der Waals surface area contributed by atoms with Gasteiger partial charge in [0.25, 0.3) is 0 Å². The molecule has 0 saturated heterocycles. The lowest BCUT2D eigenvalue weighted by molar-refractivity contribution is 0.0568. The first-order valence-electron chi connectivity index (χ1n) is 7.62. The predicted molar refractivity (Wildman–Crippen MR) is 78.8 cm³/mol. The van der Waals surface area contributed by atoms with E-state index in [0.29, 0.717) is 0 Å². The number of furan rings is 1. The number of nitrogens with zero attached hydrogens (tertiary/aromatic N) is 1. The van der Waals surface area contributed by atoms with E-state index in [1.165, 1.54) is 44.1 Å². The number of rotatable bonds is 6. The summed E-state index contributed by atoms with van der Waals surface area (Å²) in [6.07, 6.45) is 11.4. The molecule has 0 atom stereocenters. The van der Waals surface area contributed by atoms with Crippen molar-refractivity contribution in [1.82, 2.24) is 4.90 Å². The van der Waals surface area contributed by atoms with Crippen LogP contribution in [0.1, 0.15) is 51.0 Å². The number of hydrogen-bond donors (Lipinski definition) is 1. The normalized spacial score (nSPS) is 27.9. The molecule has 3 nitrogen and oxygen atoms in total. The van der Waals surface area contributed by atoms with Crippen LogP contribution >= 0.6 is 0 Å². The highest BCUT2D eigenvalue weighted by atomic mass is 16.3. The number of likely N-dealkylation sites (N-methyl/N-ethyl adjacent to an activating group) is 1. The Labute approximate surface area is 117 Å². The van der Waals surface area contributed by atoms with Crippen molar-refractivity contribution in [2.45, 2.75) is 57.5 Å². The number of nitrogens with two attached hydrogens (primary N) is 1. The summed E-state index contributed by atoms with van der Waals surface area (Å²) in [7, 11) is 2.21. The summed E-state index contributed by atoms with van der Waals surface area (Å²) >= 11 is 0. The van der Waals surface area contributed by atoms with Gasteiger partial charge in [-0.2, -0.15) is 0 Å².